The first-order chi connectivity index (χ1) is 8.61. The first-order valence-corrected chi connectivity index (χ1v) is 6.70. The highest BCUT2D eigenvalue weighted by Crippen LogP contribution is 2.24. The van der Waals surface area contributed by atoms with E-state index in [1.165, 1.54) is 5.56 Å². The van der Waals surface area contributed by atoms with Gasteiger partial charge in [0.2, 0.25) is 0 Å². The van der Waals surface area contributed by atoms with E-state index in [-0.39, 0.29) is 11.6 Å². The fourth-order valence-electron chi connectivity index (χ4n) is 2.13. The summed E-state index contributed by atoms with van der Waals surface area (Å²) in [5, 5.41) is 3.55. The van der Waals surface area contributed by atoms with Gasteiger partial charge >= 0.3 is 0 Å². The van der Waals surface area contributed by atoms with E-state index in [2.05, 4.69) is 31.3 Å². The summed E-state index contributed by atoms with van der Waals surface area (Å²) in [7, 11) is 0. The lowest BCUT2D eigenvalue weighted by molar-refractivity contribution is 0.0656. The van der Waals surface area contributed by atoms with Crippen LogP contribution in [-0.4, -0.2) is 25.3 Å². The van der Waals surface area contributed by atoms with E-state index in [9.17, 15) is 0 Å². The molecular formula is C15H23NO2. The number of hydrogen-bond donors (Lipinski definition) is 1. The van der Waals surface area contributed by atoms with Crippen molar-refractivity contribution in [1.29, 1.82) is 0 Å². The molecule has 0 aromatic heterocycles. The topological polar surface area (TPSA) is 30.5 Å². The van der Waals surface area contributed by atoms with Crippen LogP contribution in [0.5, 0.6) is 5.75 Å². The highest BCUT2D eigenvalue weighted by Gasteiger charge is 2.24. The number of hydrogen-bond acceptors (Lipinski definition) is 3. The molecule has 1 aliphatic rings. The molecule has 1 aliphatic heterocycles. The maximum absolute atomic E-state index is 5.92. The van der Waals surface area contributed by atoms with E-state index < -0.39 is 0 Å². The second kappa shape index (κ2) is 5.72. The Hall–Kier alpha value is -1.06. The Kier molecular flexibility index (Phi) is 4.25. The molecule has 0 amide bonds. The monoisotopic (exact) mass is 249 g/mol. The molecule has 0 aliphatic carbocycles. The summed E-state index contributed by atoms with van der Waals surface area (Å²) in [6.45, 7) is 8.80. The molecular weight excluding hydrogens is 226 g/mol. The van der Waals surface area contributed by atoms with E-state index in [0.717, 1.165) is 25.3 Å². The molecule has 3 heteroatoms. The van der Waals surface area contributed by atoms with Gasteiger partial charge < -0.3 is 14.8 Å². The van der Waals surface area contributed by atoms with Crippen LogP contribution in [0.3, 0.4) is 0 Å². The summed E-state index contributed by atoms with van der Waals surface area (Å²) in [5.41, 5.74) is 1.38. The van der Waals surface area contributed by atoms with Crippen LogP contribution < -0.4 is 10.1 Å². The normalized spacial score (nSPS) is 23.4. The van der Waals surface area contributed by atoms with Crippen LogP contribution in [0.4, 0.5) is 0 Å². The van der Waals surface area contributed by atoms with Gasteiger partial charge in [-0.1, -0.05) is 12.1 Å². The lowest BCUT2D eigenvalue weighted by Crippen LogP contribution is -2.39. The van der Waals surface area contributed by atoms with Crippen molar-refractivity contribution in [2.75, 3.05) is 19.8 Å². The third-order valence-electron chi connectivity index (χ3n) is 3.37. The summed E-state index contributed by atoms with van der Waals surface area (Å²) in [6.07, 6.45) is 1.18. The zero-order valence-corrected chi connectivity index (χ0v) is 11.5. The largest absolute Gasteiger partial charge is 0.494 e. The Morgan fingerprint density at radius 2 is 2.06 bits per heavy atom. The molecule has 0 radical (unpaired) electrons. The van der Waals surface area contributed by atoms with Gasteiger partial charge in [-0.25, -0.2) is 0 Å². The van der Waals surface area contributed by atoms with Crippen LogP contribution in [0.25, 0.3) is 0 Å². The Morgan fingerprint density at radius 1 is 1.33 bits per heavy atom. The molecule has 1 aromatic rings. The fraction of sp³-hybridized carbons (Fsp3) is 0.600. The average Bonchev–Trinajstić information content (AvgIpc) is 2.52. The minimum Gasteiger partial charge on any atom is -0.494 e. The molecule has 0 saturated carbocycles. The van der Waals surface area contributed by atoms with Crippen molar-refractivity contribution in [3.8, 4) is 5.75 Å². The molecule has 3 nitrogen and oxygen atoms in total. The predicted molar refractivity (Wildman–Crippen MR) is 73.0 cm³/mol. The van der Waals surface area contributed by atoms with Gasteiger partial charge in [-0.2, -0.15) is 0 Å². The molecule has 1 N–H and O–H groups in total. The molecule has 2 rings (SSSR count). The Bertz CT molecular complexity index is 373. The SMILES string of the molecule is CCOc1ccc(C2CNC(C)(C)CCO2)cc1. The summed E-state index contributed by atoms with van der Waals surface area (Å²) >= 11 is 0. The molecule has 0 spiro atoms. The van der Waals surface area contributed by atoms with E-state index in [1.807, 2.05) is 19.1 Å². The average molecular weight is 249 g/mol. The van der Waals surface area contributed by atoms with E-state index >= 15 is 0 Å². The van der Waals surface area contributed by atoms with Crippen LogP contribution in [0, 0.1) is 0 Å². The summed E-state index contributed by atoms with van der Waals surface area (Å²) < 4.78 is 11.4. The van der Waals surface area contributed by atoms with Gasteiger partial charge in [-0.05, 0) is 44.9 Å². The fourth-order valence-corrected chi connectivity index (χ4v) is 2.13. The Morgan fingerprint density at radius 3 is 2.72 bits per heavy atom. The number of nitrogens with one attached hydrogen (secondary N) is 1. The highest BCUT2D eigenvalue weighted by atomic mass is 16.5. The van der Waals surface area contributed by atoms with Crippen LogP contribution >= 0.6 is 0 Å². The lowest BCUT2D eigenvalue weighted by atomic mass is 10.0. The van der Waals surface area contributed by atoms with Gasteiger partial charge in [-0.15, -0.1) is 0 Å². The maximum atomic E-state index is 5.92. The third kappa shape index (κ3) is 3.47. The van der Waals surface area contributed by atoms with E-state index in [4.69, 9.17) is 9.47 Å². The van der Waals surface area contributed by atoms with Gasteiger partial charge in [0.15, 0.2) is 0 Å². The van der Waals surface area contributed by atoms with E-state index in [0.29, 0.717) is 6.61 Å². The van der Waals surface area contributed by atoms with Crippen LogP contribution in [-0.2, 0) is 4.74 Å². The summed E-state index contributed by atoms with van der Waals surface area (Å²) in [4.78, 5) is 0. The third-order valence-corrected chi connectivity index (χ3v) is 3.37. The standard InChI is InChI=1S/C15H23NO2/c1-4-17-13-7-5-12(6-8-13)14-11-16-15(2,3)9-10-18-14/h5-8,14,16H,4,9-11H2,1-3H3. The van der Waals surface area contributed by atoms with Crippen molar-refractivity contribution in [1.82, 2.24) is 5.32 Å². The Labute approximate surface area is 109 Å². The summed E-state index contributed by atoms with van der Waals surface area (Å²) in [6, 6.07) is 8.21. The Balaban J connectivity index is 2.02. The van der Waals surface area contributed by atoms with Gasteiger partial charge in [0.1, 0.15) is 5.75 Å². The van der Waals surface area contributed by atoms with Crippen LogP contribution in [0.15, 0.2) is 24.3 Å². The molecule has 1 unspecified atom stereocenters. The van der Waals surface area contributed by atoms with Gasteiger partial charge in [0.05, 0.1) is 12.7 Å². The zero-order valence-electron chi connectivity index (χ0n) is 11.5. The van der Waals surface area contributed by atoms with Crippen molar-refractivity contribution in [2.24, 2.45) is 0 Å². The van der Waals surface area contributed by atoms with Crippen molar-refractivity contribution in [3.05, 3.63) is 29.8 Å². The van der Waals surface area contributed by atoms with Gasteiger partial charge in [0.25, 0.3) is 0 Å². The van der Waals surface area contributed by atoms with Crippen molar-refractivity contribution in [2.45, 2.75) is 38.8 Å². The number of rotatable bonds is 3. The number of benzene rings is 1. The zero-order chi connectivity index (χ0) is 13.0. The van der Waals surface area contributed by atoms with Crippen molar-refractivity contribution < 1.29 is 9.47 Å². The second-order valence-electron chi connectivity index (χ2n) is 5.38. The van der Waals surface area contributed by atoms with E-state index in [1.54, 1.807) is 0 Å². The number of ether oxygens (including phenoxy) is 2. The van der Waals surface area contributed by atoms with Gasteiger partial charge in [-0.3, -0.25) is 0 Å². The van der Waals surface area contributed by atoms with Crippen LogP contribution in [0.1, 0.15) is 38.9 Å². The van der Waals surface area contributed by atoms with Crippen LogP contribution in [0.2, 0.25) is 0 Å². The molecule has 1 heterocycles. The smallest absolute Gasteiger partial charge is 0.119 e. The lowest BCUT2D eigenvalue weighted by Gasteiger charge is -2.23. The molecule has 0 bridgehead atoms. The summed E-state index contributed by atoms with van der Waals surface area (Å²) in [5.74, 6) is 0.920. The maximum Gasteiger partial charge on any atom is 0.119 e. The van der Waals surface area contributed by atoms with Gasteiger partial charge in [0, 0.05) is 18.7 Å². The molecule has 1 saturated heterocycles. The minimum absolute atomic E-state index is 0.141. The highest BCUT2D eigenvalue weighted by molar-refractivity contribution is 5.29. The first-order valence-electron chi connectivity index (χ1n) is 6.70. The van der Waals surface area contributed by atoms with Crippen molar-refractivity contribution in [3.63, 3.8) is 0 Å². The molecule has 100 valence electrons. The minimum atomic E-state index is 0.141. The predicted octanol–water partition coefficient (Wildman–Crippen LogP) is 2.91. The molecule has 18 heavy (non-hydrogen) atoms. The molecule has 1 fully saturated rings. The molecule has 1 atom stereocenters. The van der Waals surface area contributed by atoms with Crippen molar-refractivity contribution >= 4 is 0 Å². The quantitative estimate of drug-likeness (QED) is 0.893. The molecule has 1 aromatic carbocycles. The first kappa shape index (κ1) is 13.4. The second-order valence-corrected chi connectivity index (χ2v) is 5.38.